The first-order valence-electron chi connectivity index (χ1n) is 6.69. The van der Waals surface area contributed by atoms with Crippen LogP contribution in [-0.4, -0.2) is 90.4 Å². The topological polar surface area (TPSA) is 73.0 Å². The van der Waals surface area contributed by atoms with Crippen molar-refractivity contribution in [2.24, 2.45) is 0 Å². The summed E-state index contributed by atoms with van der Waals surface area (Å²) in [4.78, 5) is 40.0. The van der Waals surface area contributed by atoms with Crippen molar-refractivity contribution >= 4 is 29.6 Å². The molecular formula is C12H20N4O3S. The maximum atomic E-state index is 12.1. The fraction of sp³-hybridized carbons (Fsp3) is 0.750. The molecule has 112 valence electrons. The van der Waals surface area contributed by atoms with Crippen LogP contribution in [0.25, 0.3) is 0 Å². The summed E-state index contributed by atoms with van der Waals surface area (Å²) in [6.07, 6.45) is 2.08. The number of imide groups is 1. The third kappa shape index (κ3) is 3.63. The molecule has 4 amide bonds. The van der Waals surface area contributed by atoms with E-state index < -0.39 is 6.03 Å². The minimum atomic E-state index is -0.470. The minimum absolute atomic E-state index is 0.00538. The van der Waals surface area contributed by atoms with Crippen LogP contribution in [0, 0.1) is 0 Å². The zero-order valence-corrected chi connectivity index (χ0v) is 12.4. The first-order chi connectivity index (χ1) is 9.61. The summed E-state index contributed by atoms with van der Waals surface area (Å²) in [5, 5.41) is 2.41. The fourth-order valence-corrected chi connectivity index (χ4v) is 2.73. The van der Waals surface area contributed by atoms with Crippen molar-refractivity contribution in [3.8, 4) is 0 Å². The molecule has 2 fully saturated rings. The van der Waals surface area contributed by atoms with Crippen LogP contribution < -0.4 is 5.32 Å². The third-order valence-corrected chi connectivity index (χ3v) is 4.16. The Balaban J connectivity index is 1.77. The summed E-state index contributed by atoms with van der Waals surface area (Å²) in [7, 11) is 0. The Labute approximate surface area is 122 Å². The zero-order chi connectivity index (χ0) is 14.5. The largest absolute Gasteiger partial charge is 0.339 e. The highest BCUT2D eigenvalue weighted by molar-refractivity contribution is 7.98. The number of carbonyl (C=O) groups is 3. The van der Waals surface area contributed by atoms with E-state index in [-0.39, 0.29) is 24.9 Å². The summed E-state index contributed by atoms with van der Waals surface area (Å²) in [6, 6.07) is -0.470. The fourth-order valence-electron chi connectivity index (χ4n) is 2.29. The van der Waals surface area contributed by atoms with E-state index in [1.54, 1.807) is 4.90 Å². The van der Waals surface area contributed by atoms with Crippen molar-refractivity contribution < 1.29 is 14.4 Å². The van der Waals surface area contributed by atoms with Crippen LogP contribution in [0.15, 0.2) is 0 Å². The van der Waals surface area contributed by atoms with E-state index in [4.69, 9.17) is 0 Å². The van der Waals surface area contributed by atoms with Gasteiger partial charge in [0.15, 0.2) is 0 Å². The summed E-state index contributed by atoms with van der Waals surface area (Å²) in [5.74, 6) is 0.609. The Kier molecular flexibility index (Phi) is 5.24. The van der Waals surface area contributed by atoms with Crippen molar-refractivity contribution in [2.45, 2.75) is 0 Å². The summed E-state index contributed by atoms with van der Waals surface area (Å²) >= 11 is 1.81. The molecule has 20 heavy (non-hydrogen) atoms. The Morgan fingerprint density at radius 1 is 1.25 bits per heavy atom. The van der Waals surface area contributed by atoms with Crippen molar-refractivity contribution in [1.29, 1.82) is 0 Å². The van der Waals surface area contributed by atoms with Gasteiger partial charge in [0, 0.05) is 38.5 Å². The van der Waals surface area contributed by atoms with E-state index in [2.05, 4.69) is 16.5 Å². The minimum Gasteiger partial charge on any atom is -0.339 e. The number of nitrogens with zero attached hydrogens (tertiary/aromatic N) is 3. The maximum absolute atomic E-state index is 12.1. The molecule has 0 atom stereocenters. The molecule has 2 rings (SSSR count). The molecule has 0 aliphatic carbocycles. The number of hydrogen-bond donors (Lipinski definition) is 1. The molecular weight excluding hydrogens is 280 g/mol. The Morgan fingerprint density at radius 2 is 1.95 bits per heavy atom. The average Bonchev–Trinajstić information content (AvgIpc) is 2.77. The molecule has 0 spiro atoms. The number of urea groups is 1. The average molecular weight is 300 g/mol. The number of carbonyl (C=O) groups excluding carboxylic acids is 3. The lowest BCUT2D eigenvalue weighted by Crippen LogP contribution is -2.52. The molecule has 2 heterocycles. The molecule has 0 saturated carbocycles. The normalized spacial score (nSPS) is 20.4. The highest BCUT2D eigenvalue weighted by atomic mass is 32.2. The van der Waals surface area contributed by atoms with Crippen LogP contribution in [-0.2, 0) is 9.59 Å². The number of rotatable bonds is 5. The predicted molar refractivity (Wildman–Crippen MR) is 76.5 cm³/mol. The van der Waals surface area contributed by atoms with Gasteiger partial charge >= 0.3 is 6.03 Å². The van der Waals surface area contributed by atoms with Gasteiger partial charge in [0.2, 0.25) is 5.91 Å². The van der Waals surface area contributed by atoms with Gasteiger partial charge in [-0.2, -0.15) is 11.8 Å². The van der Waals surface area contributed by atoms with Gasteiger partial charge in [-0.1, -0.05) is 0 Å². The first-order valence-corrected chi connectivity index (χ1v) is 8.08. The monoisotopic (exact) mass is 300 g/mol. The second-order valence-electron chi connectivity index (χ2n) is 4.85. The van der Waals surface area contributed by atoms with Crippen LogP contribution in [0.1, 0.15) is 0 Å². The quantitative estimate of drug-likeness (QED) is 0.663. The van der Waals surface area contributed by atoms with Gasteiger partial charge in [-0.15, -0.1) is 0 Å². The van der Waals surface area contributed by atoms with Crippen LogP contribution in [0.3, 0.4) is 0 Å². The van der Waals surface area contributed by atoms with Gasteiger partial charge in [-0.25, -0.2) is 4.79 Å². The molecule has 0 bridgehead atoms. The summed E-state index contributed by atoms with van der Waals surface area (Å²) in [6.45, 7) is 3.92. The van der Waals surface area contributed by atoms with Crippen molar-refractivity contribution in [1.82, 2.24) is 20.0 Å². The second-order valence-corrected chi connectivity index (χ2v) is 5.84. The van der Waals surface area contributed by atoms with Gasteiger partial charge < -0.3 is 10.2 Å². The molecule has 2 aliphatic heterocycles. The van der Waals surface area contributed by atoms with Crippen LogP contribution in [0.5, 0.6) is 0 Å². The Hall–Kier alpha value is -1.28. The SMILES string of the molecule is CSCCN1CCN(C(=O)CN2C(=O)CNC2=O)CC1. The molecule has 1 N–H and O–H groups in total. The van der Waals surface area contributed by atoms with Gasteiger partial charge in [-0.05, 0) is 6.26 Å². The van der Waals surface area contributed by atoms with Crippen molar-refractivity contribution in [3.63, 3.8) is 0 Å². The number of hydrogen-bond acceptors (Lipinski definition) is 5. The Bertz CT molecular complexity index is 380. The molecule has 0 aromatic carbocycles. The number of thioether (sulfide) groups is 1. The summed E-state index contributed by atoms with van der Waals surface area (Å²) < 4.78 is 0. The van der Waals surface area contributed by atoms with Gasteiger partial charge in [0.1, 0.15) is 6.54 Å². The highest BCUT2D eigenvalue weighted by Gasteiger charge is 2.32. The zero-order valence-electron chi connectivity index (χ0n) is 11.6. The van der Waals surface area contributed by atoms with E-state index in [0.717, 1.165) is 30.3 Å². The molecule has 0 aromatic heterocycles. The molecule has 0 unspecified atom stereocenters. The van der Waals surface area contributed by atoms with Crippen LogP contribution >= 0.6 is 11.8 Å². The van der Waals surface area contributed by atoms with Crippen LogP contribution in [0.2, 0.25) is 0 Å². The van der Waals surface area contributed by atoms with E-state index in [0.29, 0.717) is 13.1 Å². The number of amides is 4. The smallest absolute Gasteiger partial charge is 0.325 e. The predicted octanol–water partition coefficient (Wildman–Crippen LogP) is -0.955. The van der Waals surface area contributed by atoms with E-state index in [1.165, 1.54) is 0 Å². The summed E-state index contributed by atoms with van der Waals surface area (Å²) in [5.41, 5.74) is 0. The lowest BCUT2D eigenvalue weighted by atomic mass is 10.3. The second kappa shape index (κ2) is 6.94. The number of nitrogens with one attached hydrogen (secondary N) is 1. The van der Waals surface area contributed by atoms with Gasteiger partial charge in [0.25, 0.3) is 5.91 Å². The lowest BCUT2D eigenvalue weighted by molar-refractivity contribution is -0.137. The molecule has 7 nitrogen and oxygen atoms in total. The molecule has 0 radical (unpaired) electrons. The van der Waals surface area contributed by atoms with E-state index in [1.807, 2.05) is 11.8 Å². The highest BCUT2D eigenvalue weighted by Crippen LogP contribution is 2.06. The van der Waals surface area contributed by atoms with E-state index in [9.17, 15) is 14.4 Å². The number of piperazine rings is 1. The maximum Gasteiger partial charge on any atom is 0.325 e. The standard InChI is InChI=1S/C12H20N4O3S/c1-20-7-6-14-2-4-15(5-3-14)11(18)9-16-10(17)8-13-12(16)19/h2-9H2,1H3,(H,13,19). The molecule has 2 aliphatic rings. The Morgan fingerprint density at radius 3 is 2.50 bits per heavy atom. The molecule has 8 heteroatoms. The molecule has 2 saturated heterocycles. The van der Waals surface area contributed by atoms with Crippen molar-refractivity contribution in [3.05, 3.63) is 0 Å². The first kappa shape index (κ1) is 15.1. The van der Waals surface area contributed by atoms with Crippen molar-refractivity contribution in [2.75, 3.05) is 57.8 Å². The van der Waals surface area contributed by atoms with Gasteiger partial charge in [-0.3, -0.25) is 19.4 Å². The third-order valence-electron chi connectivity index (χ3n) is 3.57. The van der Waals surface area contributed by atoms with Gasteiger partial charge in [0.05, 0.1) is 6.54 Å². The lowest BCUT2D eigenvalue weighted by Gasteiger charge is -2.35. The van der Waals surface area contributed by atoms with E-state index >= 15 is 0 Å². The van der Waals surface area contributed by atoms with Crippen LogP contribution in [0.4, 0.5) is 4.79 Å². The molecule has 0 aromatic rings.